The standard InChI is InChI=1S/C71H134O6/c1-4-7-10-13-16-18-20-22-24-26-27-28-29-30-31-32-33-34-35-36-37-38-39-40-41-42-43-45-46-48-50-52-55-58-61-64-70(73)76-67-68(66-75-69(72)63-60-57-54-15-12-9-6-3)77-71(74)65-62-59-56-53-51-49-47-44-25-23-21-19-17-14-11-8-5-2/h17,19,23,25,68H,4-16,18,20-22,24,26-67H2,1-3H3/b19-17-,25-23-. The molecule has 0 aromatic heterocycles. The number of esters is 3. The number of unbranched alkanes of at least 4 members (excludes halogenated alkanes) is 50. The molecule has 0 amide bonds. The van der Waals surface area contributed by atoms with E-state index < -0.39 is 6.10 Å². The molecule has 0 heterocycles. The van der Waals surface area contributed by atoms with Crippen LogP contribution in [-0.2, 0) is 28.6 Å². The Morgan fingerprint density at radius 2 is 0.468 bits per heavy atom. The molecule has 1 atom stereocenters. The number of allylic oxidation sites excluding steroid dienone is 4. The topological polar surface area (TPSA) is 78.9 Å². The summed E-state index contributed by atoms with van der Waals surface area (Å²) in [5, 5.41) is 0. The number of rotatable bonds is 65. The van der Waals surface area contributed by atoms with Crippen molar-refractivity contribution in [3.05, 3.63) is 24.3 Å². The Labute approximate surface area is 481 Å². The number of ether oxygens (including phenoxy) is 3. The quantitative estimate of drug-likeness (QED) is 0.0261. The summed E-state index contributed by atoms with van der Waals surface area (Å²) in [6.07, 6.45) is 81.2. The molecule has 0 N–H and O–H groups in total. The van der Waals surface area contributed by atoms with Crippen molar-refractivity contribution in [2.75, 3.05) is 13.2 Å². The molecule has 6 heteroatoms. The van der Waals surface area contributed by atoms with E-state index in [1.54, 1.807) is 0 Å². The van der Waals surface area contributed by atoms with Crippen LogP contribution in [0.3, 0.4) is 0 Å². The molecule has 0 bridgehead atoms. The van der Waals surface area contributed by atoms with Gasteiger partial charge in [-0.15, -0.1) is 0 Å². The summed E-state index contributed by atoms with van der Waals surface area (Å²) in [5.41, 5.74) is 0. The lowest BCUT2D eigenvalue weighted by atomic mass is 10.0. The van der Waals surface area contributed by atoms with Crippen molar-refractivity contribution in [3.8, 4) is 0 Å². The number of hydrogen-bond acceptors (Lipinski definition) is 6. The molecule has 0 aliphatic carbocycles. The minimum absolute atomic E-state index is 0.0695. The van der Waals surface area contributed by atoms with Gasteiger partial charge in [0.1, 0.15) is 13.2 Å². The predicted molar refractivity (Wildman–Crippen MR) is 335 cm³/mol. The van der Waals surface area contributed by atoms with E-state index in [4.69, 9.17) is 14.2 Å². The molecule has 6 nitrogen and oxygen atoms in total. The van der Waals surface area contributed by atoms with Gasteiger partial charge in [-0.1, -0.05) is 347 Å². The van der Waals surface area contributed by atoms with Gasteiger partial charge >= 0.3 is 17.9 Å². The molecule has 0 saturated heterocycles. The summed E-state index contributed by atoms with van der Waals surface area (Å²) in [7, 11) is 0. The Bertz CT molecular complexity index is 1240. The summed E-state index contributed by atoms with van der Waals surface area (Å²) in [6, 6.07) is 0. The second-order valence-corrected chi connectivity index (χ2v) is 23.8. The highest BCUT2D eigenvalue weighted by atomic mass is 16.6. The van der Waals surface area contributed by atoms with Gasteiger partial charge < -0.3 is 14.2 Å². The molecule has 0 fully saturated rings. The van der Waals surface area contributed by atoms with Crippen LogP contribution in [0.1, 0.15) is 393 Å². The van der Waals surface area contributed by atoms with Crippen LogP contribution >= 0.6 is 0 Å². The molecule has 77 heavy (non-hydrogen) atoms. The average Bonchev–Trinajstić information content (AvgIpc) is 3.43. The van der Waals surface area contributed by atoms with Crippen molar-refractivity contribution in [3.63, 3.8) is 0 Å². The van der Waals surface area contributed by atoms with Crippen LogP contribution in [0.5, 0.6) is 0 Å². The van der Waals surface area contributed by atoms with Crippen LogP contribution in [0.4, 0.5) is 0 Å². The van der Waals surface area contributed by atoms with Crippen molar-refractivity contribution in [1.29, 1.82) is 0 Å². The van der Waals surface area contributed by atoms with Crippen LogP contribution in [0.2, 0.25) is 0 Å². The molecule has 0 aromatic rings. The molecule has 0 aliphatic heterocycles. The highest BCUT2D eigenvalue weighted by Crippen LogP contribution is 2.19. The van der Waals surface area contributed by atoms with Crippen molar-refractivity contribution in [2.24, 2.45) is 0 Å². The Kier molecular flexibility index (Phi) is 64.6. The van der Waals surface area contributed by atoms with Gasteiger partial charge in [0.25, 0.3) is 0 Å². The molecule has 0 aliphatic rings. The second kappa shape index (κ2) is 66.4. The Morgan fingerprint density at radius 1 is 0.260 bits per heavy atom. The van der Waals surface area contributed by atoms with Crippen LogP contribution in [0, 0.1) is 0 Å². The van der Waals surface area contributed by atoms with Gasteiger partial charge in [-0.3, -0.25) is 14.4 Å². The van der Waals surface area contributed by atoms with Gasteiger partial charge in [0, 0.05) is 19.3 Å². The van der Waals surface area contributed by atoms with Crippen LogP contribution in [-0.4, -0.2) is 37.2 Å². The van der Waals surface area contributed by atoms with E-state index >= 15 is 0 Å². The highest BCUT2D eigenvalue weighted by molar-refractivity contribution is 5.71. The average molecular weight is 1080 g/mol. The van der Waals surface area contributed by atoms with E-state index in [9.17, 15) is 14.4 Å². The molecule has 0 rings (SSSR count). The fraction of sp³-hybridized carbons (Fsp3) is 0.901. The molecule has 0 aromatic carbocycles. The maximum absolute atomic E-state index is 12.8. The Balaban J connectivity index is 3.90. The number of hydrogen-bond donors (Lipinski definition) is 0. The zero-order chi connectivity index (χ0) is 55.7. The van der Waals surface area contributed by atoms with Crippen molar-refractivity contribution >= 4 is 17.9 Å². The van der Waals surface area contributed by atoms with Crippen LogP contribution in [0.25, 0.3) is 0 Å². The zero-order valence-corrected chi connectivity index (χ0v) is 52.3. The van der Waals surface area contributed by atoms with E-state index in [0.717, 1.165) is 70.6 Å². The second-order valence-electron chi connectivity index (χ2n) is 23.8. The van der Waals surface area contributed by atoms with E-state index in [1.807, 2.05) is 0 Å². The maximum Gasteiger partial charge on any atom is 0.306 e. The smallest absolute Gasteiger partial charge is 0.306 e. The van der Waals surface area contributed by atoms with Gasteiger partial charge in [0.2, 0.25) is 0 Å². The first-order valence-corrected chi connectivity index (χ1v) is 34.8. The lowest BCUT2D eigenvalue weighted by molar-refractivity contribution is -0.167. The fourth-order valence-corrected chi connectivity index (χ4v) is 10.7. The summed E-state index contributed by atoms with van der Waals surface area (Å²) in [4.78, 5) is 38.1. The number of carbonyl (C=O) groups excluding carboxylic acids is 3. The fourth-order valence-electron chi connectivity index (χ4n) is 10.7. The molecule has 454 valence electrons. The third-order valence-electron chi connectivity index (χ3n) is 16.0. The van der Waals surface area contributed by atoms with E-state index in [1.165, 1.54) is 283 Å². The lowest BCUT2D eigenvalue weighted by Gasteiger charge is -2.18. The molecule has 1 unspecified atom stereocenters. The lowest BCUT2D eigenvalue weighted by Crippen LogP contribution is -2.30. The number of carbonyl (C=O) groups is 3. The maximum atomic E-state index is 12.8. The summed E-state index contributed by atoms with van der Waals surface area (Å²) in [6.45, 7) is 6.63. The summed E-state index contributed by atoms with van der Waals surface area (Å²) < 4.78 is 16.8. The summed E-state index contributed by atoms with van der Waals surface area (Å²) >= 11 is 0. The van der Waals surface area contributed by atoms with Gasteiger partial charge in [-0.2, -0.15) is 0 Å². The van der Waals surface area contributed by atoms with E-state index in [2.05, 4.69) is 45.1 Å². The Hall–Kier alpha value is -2.11. The molecule has 0 radical (unpaired) electrons. The summed E-state index contributed by atoms with van der Waals surface area (Å²) in [5.74, 6) is -0.861. The molecular weight excluding hydrogens is 949 g/mol. The highest BCUT2D eigenvalue weighted by Gasteiger charge is 2.19. The third kappa shape index (κ3) is 64.6. The first-order chi connectivity index (χ1) is 38.0. The van der Waals surface area contributed by atoms with Gasteiger partial charge in [0.15, 0.2) is 6.10 Å². The van der Waals surface area contributed by atoms with Crippen LogP contribution in [0.15, 0.2) is 24.3 Å². The van der Waals surface area contributed by atoms with Crippen LogP contribution < -0.4 is 0 Å². The van der Waals surface area contributed by atoms with Gasteiger partial charge in [0.05, 0.1) is 0 Å². The van der Waals surface area contributed by atoms with E-state index in [0.29, 0.717) is 19.3 Å². The van der Waals surface area contributed by atoms with Crippen molar-refractivity contribution in [1.82, 2.24) is 0 Å². The van der Waals surface area contributed by atoms with Crippen molar-refractivity contribution < 1.29 is 28.6 Å². The first-order valence-electron chi connectivity index (χ1n) is 34.8. The Morgan fingerprint density at radius 3 is 0.740 bits per heavy atom. The molecule has 0 saturated carbocycles. The minimum atomic E-state index is -0.770. The van der Waals surface area contributed by atoms with Gasteiger partial charge in [-0.25, -0.2) is 0 Å². The third-order valence-corrected chi connectivity index (χ3v) is 16.0. The normalized spacial score (nSPS) is 12.1. The van der Waals surface area contributed by atoms with E-state index in [-0.39, 0.29) is 31.1 Å². The van der Waals surface area contributed by atoms with Gasteiger partial charge in [-0.05, 0) is 51.4 Å². The zero-order valence-electron chi connectivity index (χ0n) is 52.3. The monoisotopic (exact) mass is 1080 g/mol. The first kappa shape index (κ1) is 74.9. The molecular formula is C71H134O6. The minimum Gasteiger partial charge on any atom is -0.462 e. The largest absolute Gasteiger partial charge is 0.462 e. The van der Waals surface area contributed by atoms with Crippen molar-refractivity contribution in [2.45, 2.75) is 399 Å². The SMILES string of the molecule is CCCCC/C=C\C/C=C\CCCCCCCCCC(=O)OC(COC(=O)CCCCCCCCC)COC(=O)CCCCCCCCCCCCCCCCCCCCCCCCCCCCCCCCCCCCC. The predicted octanol–water partition coefficient (Wildman–Crippen LogP) is 23.8. The molecule has 0 spiro atoms.